The van der Waals surface area contributed by atoms with Crippen LogP contribution in [0.5, 0.6) is 5.75 Å². The molecule has 0 saturated carbocycles. The SMILES string of the molecule is CCCN(CCC(=O)Nc1ccc(N)cc1OC)C(C)C. The summed E-state index contributed by atoms with van der Waals surface area (Å²) in [5, 5.41) is 2.88. The lowest BCUT2D eigenvalue weighted by Crippen LogP contribution is -2.34. The van der Waals surface area contributed by atoms with Crippen molar-refractivity contribution in [2.75, 3.05) is 31.2 Å². The highest BCUT2D eigenvalue weighted by Crippen LogP contribution is 2.26. The van der Waals surface area contributed by atoms with Gasteiger partial charge in [-0.15, -0.1) is 0 Å². The van der Waals surface area contributed by atoms with Crippen molar-refractivity contribution in [3.63, 3.8) is 0 Å². The van der Waals surface area contributed by atoms with Gasteiger partial charge in [-0.1, -0.05) is 6.92 Å². The van der Waals surface area contributed by atoms with Crippen LogP contribution in [-0.2, 0) is 4.79 Å². The number of amides is 1. The molecule has 5 nitrogen and oxygen atoms in total. The van der Waals surface area contributed by atoms with Gasteiger partial charge in [0.15, 0.2) is 0 Å². The van der Waals surface area contributed by atoms with Gasteiger partial charge in [0, 0.05) is 30.8 Å². The number of nitrogens with two attached hydrogens (primary N) is 1. The zero-order valence-corrected chi connectivity index (χ0v) is 13.5. The molecule has 0 aliphatic heterocycles. The van der Waals surface area contributed by atoms with E-state index in [0.29, 0.717) is 29.6 Å². The smallest absolute Gasteiger partial charge is 0.225 e. The van der Waals surface area contributed by atoms with Crippen molar-refractivity contribution in [3.05, 3.63) is 18.2 Å². The summed E-state index contributed by atoms with van der Waals surface area (Å²) in [5.41, 5.74) is 6.97. The zero-order valence-electron chi connectivity index (χ0n) is 13.5. The van der Waals surface area contributed by atoms with E-state index in [4.69, 9.17) is 10.5 Å². The average molecular weight is 293 g/mol. The minimum Gasteiger partial charge on any atom is -0.494 e. The Balaban J connectivity index is 2.57. The number of ether oxygens (including phenoxy) is 1. The molecule has 0 fully saturated rings. The second kappa shape index (κ2) is 8.52. The lowest BCUT2D eigenvalue weighted by Gasteiger charge is -2.25. The van der Waals surface area contributed by atoms with Crippen molar-refractivity contribution in [3.8, 4) is 5.75 Å². The highest BCUT2D eigenvalue weighted by atomic mass is 16.5. The van der Waals surface area contributed by atoms with Crippen molar-refractivity contribution in [2.45, 2.75) is 39.7 Å². The van der Waals surface area contributed by atoms with E-state index in [0.717, 1.165) is 19.5 Å². The molecule has 0 unspecified atom stereocenters. The predicted octanol–water partition coefficient (Wildman–Crippen LogP) is 2.73. The number of nitrogen functional groups attached to an aromatic ring is 1. The van der Waals surface area contributed by atoms with Gasteiger partial charge >= 0.3 is 0 Å². The van der Waals surface area contributed by atoms with Gasteiger partial charge in [-0.05, 0) is 38.9 Å². The molecule has 0 aliphatic rings. The van der Waals surface area contributed by atoms with Crippen molar-refractivity contribution < 1.29 is 9.53 Å². The molecule has 0 aromatic heterocycles. The van der Waals surface area contributed by atoms with Gasteiger partial charge in [-0.3, -0.25) is 4.79 Å². The Morgan fingerprint density at radius 3 is 2.67 bits per heavy atom. The Morgan fingerprint density at radius 1 is 1.38 bits per heavy atom. The number of carbonyl (C=O) groups excluding carboxylic acids is 1. The molecular formula is C16H27N3O2. The van der Waals surface area contributed by atoms with Crippen LogP contribution < -0.4 is 15.8 Å². The molecule has 0 radical (unpaired) electrons. The van der Waals surface area contributed by atoms with Crippen molar-refractivity contribution in [1.29, 1.82) is 0 Å². The fourth-order valence-corrected chi connectivity index (χ4v) is 2.18. The van der Waals surface area contributed by atoms with Gasteiger partial charge in [0.1, 0.15) is 5.75 Å². The van der Waals surface area contributed by atoms with Crippen molar-refractivity contribution in [2.24, 2.45) is 0 Å². The van der Waals surface area contributed by atoms with Crippen molar-refractivity contribution >= 4 is 17.3 Å². The first-order chi connectivity index (χ1) is 9.97. The quantitative estimate of drug-likeness (QED) is 0.723. The van der Waals surface area contributed by atoms with Gasteiger partial charge < -0.3 is 20.7 Å². The lowest BCUT2D eigenvalue weighted by molar-refractivity contribution is -0.116. The number of anilines is 2. The number of carbonyl (C=O) groups is 1. The molecule has 1 aromatic carbocycles. The van der Waals surface area contributed by atoms with Gasteiger partial charge in [-0.25, -0.2) is 0 Å². The van der Waals surface area contributed by atoms with E-state index < -0.39 is 0 Å². The third-order valence-corrected chi connectivity index (χ3v) is 3.37. The van der Waals surface area contributed by atoms with Gasteiger partial charge in [-0.2, -0.15) is 0 Å². The Hall–Kier alpha value is -1.75. The van der Waals surface area contributed by atoms with Gasteiger partial charge in [0.25, 0.3) is 0 Å². The summed E-state index contributed by atoms with van der Waals surface area (Å²) in [6.07, 6.45) is 1.55. The number of rotatable bonds is 8. The molecule has 0 heterocycles. The summed E-state index contributed by atoms with van der Waals surface area (Å²) in [6.45, 7) is 8.21. The molecule has 0 saturated heterocycles. The summed E-state index contributed by atoms with van der Waals surface area (Å²) < 4.78 is 5.22. The second-order valence-electron chi connectivity index (χ2n) is 5.39. The van der Waals surface area contributed by atoms with E-state index in [1.807, 2.05) is 0 Å². The summed E-state index contributed by atoms with van der Waals surface area (Å²) in [6, 6.07) is 5.66. The Labute approximate surface area is 127 Å². The van der Waals surface area contributed by atoms with Crippen LogP contribution in [0.2, 0.25) is 0 Å². The molecule has 21 heavy (non-hydrogen) atoms. The number of nitrogens with zero attached hydrogens (tertiary/aromatic N) is 1. The number of hydrogen-bond donors (Lipinski definition) is 2. The number of methoxy groups -OCH3 is 1. The molecule has 0 spiro atoms. The van der Waals surface area contributed by atoms with Crippen LogP contribution in [0.3, 0.4) is 0 Å². The maximum absolute atomic E-state index is 12.1. The number of hydrogen-bond acceptors (Lipinski definition) is 4. The van der Waals surface area contributed by atoms with Crippen LogP contribution in [-0.4, -0.2) is 37.0 Å². The molecule has 1 amide bonds. The van der Waals surface area contributed by atoms with Crippen LogP contribution in [0.1, 0.15) is 33.6 Å². The fraction of sp³-hybridized carbons (Fsp3) is 0.562. The third kappa shape index (κ3) is 5.63. The zero-order chi connectivity index (χ0) is 15.8. The van der Waals surface area contributed by atoms with Gasteiger partial charge in [0.2, 0.25) is 5.91 Å². The Morgan fingerprint density at radius 2 is 2.10 bits per heavy atom. The minimum atomic E-state index is -0.0141. The summed E-state index contributed by atoms with van der Waals surface area (Å²) in [4.78, 5) is 14.4. The lowest BCUT2D eigenvalue weighted by atomic mass is 10.2. The van der Waals surface area contributed by atoms with Crippen LogP contribution in [0.25, 0.3) is 0 Å². The molecular weight excluding hydrogens is 266 g/mol. The van der Waals surface area contributed by atoms with Crippen molar-refractivity contribution in [1.82, 2.24) is 4.90 Å². The summed E-state index contributed by atoms with van der Waals surface area (Å²) in [5.74, 6) is 0.567. The second-order valence-corrected chi connectivity index (χ2v) is 5.39. The molecule has 1 aromatic rings. The summed E-state index contributed by atoms with van der Waals surface area (Å²) >= 11 is 0. The van der Waals surface area contributed by atoms with Crippen LogP contribution in [0, 0.1) is 0 Å². The van der Waals surface area contributed by atoms with Gasteiger partial charge in [0.05, 0.1) is 12.8 Å². The molecule has 118 valence electrons. The first kappa shape index (κ1) is 17.3. The van der Waals surface area contributed by atoms with E-state index in [1.54, 1.807) is 25.3 Å². The largest absolute Gasteiger partial charge is 0.494 e. The molecule has 3 N–H and O–H groups in total. The van der Waals surface area contributed by atoms with E-state index in [-0.39, 0.29) is 5.91 Å². The maximum Gasteiger partial charge on any atom is 0.225 e. The molecule has 0 bridgehead atoms. The first-order valence-electron chi connectivity index (χ1n) is 7.45. The van der Waals surface area contributed by atoms with Crippen LogP contribution >= 0.6 is 0 Å². The molecule has 0 atom stereocenters. The van der Waals surface area contributed by atoms with Crippen LogP contribution in [0.15, 0.2) is 18.2 Å². The summed E-state index contributed by atoms with van der Waals surface area (Å²) in [7, 11) is 1.56. The molecule has 5 heteroatoms. The Bertz CT molecular complexity index is 461. The normalized spacial score (nSPS) is 11.0. The molecule has 1 rings (SSSR count). The number of nitrogens with one attached hydrogen (secondary N) is 1. The minimum absolute atomic E-state index is 0.0141. The topological polar surface area (TPSA) is 67.6 Å². The van der Waals surface area contributed by atoms with Crippen LogP contribution in [0.4, 0.5) is 11.4 Å². The Kier molecular flexibility index (Phi) is 7.02. The van der Waals surface area contributed by atoms with E-state index in [1.165, 1.54) is 0 Å². The van der Waals surface area contributed by atoms with E-state index in [9.17, 15) is 4.79 Å². The fourth-order valence-electron chi connectivity index (χ4n) is 2.18. The van der Waals surface area contributed by atoms with E-state index in [2.05, 4.69) is 31.0 Å². The predicted molar refractivity (Wildman–Crippen MR) is 87.7 cm³/mol. The maximum atomic E-state index is 12.1. The average Bonchev–Trinajstić information content (AvgIpc) is 2.44. The first-order valence-corrected chi connectivity index (χ1v) is 7.45. The highest BCUT2D eigenvalue weighted by Gasteiger charge is 2.12. The third-order valence-electron chi connectivity index (χ3n) is 3.37. The number of benzene rings is 1. The van der Waals surface area contributed by atoms with E-state index >= 15 is 0 Å². The standard InChI is InChI=1S/C16H27N3O2/c1-5-9-19(12(2)3)10-8-16(20)18-14-7-6-13(17)11-15(14)21-4/h6-7,11-12H,5,8-10,17H2,1-4H3,(H,18,20). The molecule has 0 aliphatic carbocycles. The highest BCUT2D eigenvalue weighted by molar-refractivity contribution is 5.92. The monoisotopic (exact) mass is 293 g/mol.